The molecule has 9 nitrogen and oxygen atoms in total. The smallest absolute Gasteiger partial charge is 0.339 e. The molecule has 0 atom stereocenters. The zero-order valence-electron chi connectivity index (χ0n) is 14.9. The molecule has 0 saturated carbocycles. The first-order chi connectivity index (χ1) is 13.6. The Morgan fingerprint density at radius 1 is 1.07 bits per heavy atom. The number of thiazole rings is 1. The van der Waals surface area contributed by atoms with Crippen LogP contribution in [0.5, 0.6) is 0 Å². The summed E-state index contributed by atoms with van der Waals surface area (Å²) in [5.41, 5.74) is 2.50. The number of carbonyl (C=O) groups is 2. The molecular weight excluding hydrogens is 382 g/mol. The van der Waals surface area contributed by atoms with E-state index in [0.717, 1.165) is 35.6 Å². The monoisotopic (exact) mass is 399 g/mol. The Hall–Kier alpha value is -2.85. The van der Waals surface area contributed by atoms with Gasteiger partial charge in [-0.15, -0.1) is 21.5 Å². The van der Waals surface area contributed by atoms with Gasteiger partial charge in [-0.2, -0.15) is 0 Å². The first kappa shape index (κ1) is 17.3. The summed E-state index contributed by atoms with van der Waals surface area (Å²) >= 11 is 1.50. The number of fused-ring (bicyclic) bond motifs is 3. The van der Waals surface area contributed by atoms with Crippen LogP contribution >= 0.6 is 11.3 Å². The van der Waals surface area contributed by atoms with Crippen LogP contribution in [0, 0.1) is 0 Å². The summed E-state index contributed by atoms with van der Waals surface area (Å²) in [5.74, 6) is -1.99. The summed E-state index contributed by atoms with van der Waals surface area (Å²) < 4.78 is 11.2. The Balaban J connectivity index is 1.49. The Bertz CT molecular complexity index is 902. The van der Waals surface area contributed by atoms with Crippen molar-refractivity contribution in [3.05, 3.63) is 36.0 Å². The van der Waals surface area contributed by atoms with E-state index in [9.17, 15) is 9.59 Å². The molecule has 0 amide bonds. The molecule has 144 valence electrons. The quantitative estimate of drug-likeness (QED) is 0.690. The second-order valence-electron chi connectivity index (χ2n) is 6.88. The molecule has 6 heterocycles. The number of carbonyl (C=O) groups excluding carboxylic acids is 2. The van der Waals surface area contributed by atoms with Gasteiger partial charge in [0, 0.05) is 37.5 Å². The van der Waals surface area contributed by atoms with Gasteiger partial charge in [0.25, 0.3) is 0 Å². The molecule has 0 aromatic carbocycles. The Morgan fingerprint density at radius 2 is 1.82 bits per heavy atom. The van der Waals surface area contributed by atoms with Gasteiger partial charge in [-0.3, -0.25) is 4.98 Å². The number of piperidine rings is 1. The van der Waals surface area contributed by atoms with Crippen molar-refractivity contribution in [3.8, 4) is 10.6 Å². The van der Waals surface area contributed by atoms with Crippen LogP contribution in [0.3, 0.4) is 0 Å². The van der Waals surface area contributed by atoms with Crippen LogP contribution in [0.15, 0.2) is 36.0 Å². The SMILES string of the molecule is O=C1C=CC(=O)OC2(CN(c3ccc(-c4cncs4)nn3)C3CCN2CC3)O1. The minimum atomic E-state index is -1.46. The maximum absolute atomic E-state index is 12.1. The molecule has 4 aliphatic rings. The predicted octanol–water partition coefficient (Wildman–Crippen LogP) is 1.19. The van der Waals surface area contributed by atoms with E-state index >= 15 is 0 Å². The summed E-state index contributed by atoms with van der Waals surface area (Å²) in [5, 5.41) is 8.72. The third-order valence-corrected chi connectivity index (χ3v) is 6.06. The maximum atomic E-state index is 12.1. The number of rotatable bonds is 2. The van der Waals surface area contributed by atoms with E-state index in [4.69, 9.17) is 9.47 Å². The lowest BCUT2D eigenvalue weighted by Crippen LogP contribution is -2.58. The molecule has 2 aromatic heterocycles. The summed E-state index contributed by atoms with van der Waals surface area (Å²) in [6, 6.07) is 3.99. The molecular formula is C18H17N5O4S. The van der Waals surface area contributed by atoms with Crippen molar-refractivity contribution in [1.82, 2.24) is 20.1 Å². The van der Waals surface area contributed by atoms with E-state index < -0.39 is 17.8 Å². The number of ether oxygens (including phenoxy) is 2. The van der Waals surface area contributed by atoms with Crippen LogP contribution in [-0.2, 0) is 19.1 Å². The van der Waals surface area contributed by atoms with Crippen LogP contribution in [0.2, 0.25) is 0 Å². The minimum absolute atomic E-state index is 0.186. The topological polar surface area (TPSA) is 97.8 Å². The second-order valence-corrected chi connectivity index (χ2v) is 7.76. The van der Waals surface area contributed by atoms with Gasteiger partial charge in [0.1, 0.15) is 12.2 Å². The lowest BCUT2D eigenvalue weighted by molar-refractivity contribution is -0.274. The van der Waals surface area contributed by atoms with Gasteiger partial charge >= 0.3 is 17.8 Å². The Morgan fingerprint density at radius 3 is 2.43 bits per heavy atom. The largest absolute Gasteiger partial charge is 0.403 e. The van der Waals surface area contributed by atoms with E-state index in [-0.39, 0.29) is 12.6 Å². The van der Waals surface area contributed by atoms with Crippen LogP contribution in [0.1, 0.15) is 12.8 Å². The summed E-state index contributed by atoms with van der Waals surface area (Å²) in [4.78, 5) is 33.1. The molecule has 10 heteroatoms. The first-order valence-corrected chi connectivity index (χ1v) is 9.89. The van der Waals surface area contributed by atoms with Crippen molar-refractivity contribution in [2.45, 2.75) is 24.8 Å². The Kier molecular flexibility index (Phi) is 4.09. The lowest BCUT2D eigenvalue weighted by atomic mass is 10.1. The normalized spacial score (nSPS) is 25.9. The lowest BCUT2D eigenvalue weighted by Gasteiger charge is -2.39. The molecule has 6 rings (SSSR count). The number of anilines is 1. The molecule has 2 aromatic rings. The molecule has 0 unspecified atom stereocenters. The van der Waals surface area contributed by atoms with Crippen LogP contribution in [-0.4, -0.2) is 63.6 Å². The standard InChI is InChI=1S/C18H17N5O4S/c24-16-3-4-17(25)27-18(26-16)10-23(12-5-7-22(18)8-6-12)15-2-1-13(20-21-15)14-9-19-11-28-14/h1-4,9,11-12H,5-8,10H2. The summed E-state index contributed by atoms with van der Waals surface area (Å²) in [6.07, 6.45) is 5.65. The molecule has 4 aliphatic heterocycles. The molecule has 3 fully saturated rings. The average molecular weight is 399 g/mol. The molecule has 0 radical (unpaired) electrons. The van der Waals surface area contributed by atoms with Crippen LogP contribution in [0.25, 0.3) is 10.6 Å². The van der Waals surface area contributed by atoms with Crippen molar-refractivity contribution >= 4 is 29.1 Å². The number of aromatic nitrogens is 3. The second kappa shape index (κ2) is 6.64. The van der Waals surface area contributed by atoms with Crippen molar-refractivity contribution in [2.24, 2.45) is 0 Å². The molecule has 3 saturated heterocycles. The van der Waals surface area contributed by atoms with Crippen molar-refractivity contribution in [1.29, 1.82) is 0 Å². The number of nitrogens with zero attached hydrogens (tertiary/aromatic N) is 5. The van der Waals surface area contributed by atoms with Gasteiger partial charge in [0.2, 0.25) is 0 Å². The number of esters is 2. The molecule has 28 heavy (non-hydrogen) atoms. The highest BCUT2D eigenvalue weighted by molar-refractivity contribution is 7.13. The van der Waals surface area contributed by atoms with E-state index in [2.05, 4.69) is 15.2 Å². The van der Waals surface area contributed by atoms with E-state index in [0.29, 0.717) is 18.9 Å². The van der Waals surface area contributed by atoms with E-state index in [1.807, 2.05) is 21.9 Å². The fourth-order valence-corrected chi connectivity index (χ4v) is 4.50. The summed E-state index contributed by atoms with van der Waals surface area (Å²) in [7, 11) is 0. The zero-order valence-corrected chi connectivity index (χ0v) is 15.7. The van der Waals surface area contributed by atoms with Crippen LogP contribution in [0.4, 0.5) is 5.82 Å². The highest BCUT2D eigenvalue weighted by atomic mass is 32.1. The average Bonchev–Trinajstić information content (AvgIpc) is 3.11. The van der Waals surface area contributed by atoms with E-state index in [1.54, 1.807) is 11.7 Å². The van der Waals surface area contributed by atoms with Crippen LogP contribution < -0.4 is 4.90 Å². The number of hydrogen-bond acceptors (Lipinski definition) is 10. The predicted molar refractivity (Wildman–Crippen MR) is 99.1 cm³/mol. The highest BCUT2D eigenvalue weighted by Gasteiger charge is 2.52. The maximum Gasteiger partial charge on any atom is 0.339 e. The van der Waals surface area contributed by atoms with Gasteiger partial charge in [-0.25, -0.2) is 14.5 Å². The van der Waals surface area contributed by atoms with Gasteiger partial charge in [0.15, 0.2) is 5.82 Å². The van der Waals surface area contributed by atoms with Crippen molar-refractivity contribution < 1.29 is 19.1 Å². The molecule has 2 bridgehead atoms. The van der Waals surface area contributed by atoms with Gasteiger partial charge in [0.05, 0.1) is 10.4 Å². The fraction of sp³-hybridized carbons (Fsp3) is 0.389. The summed E-state index contributed by atoms with van der Waals surface area (Å²) in [6.45, 7) is 1.51. The first-order valence-electron chi connectivity index (χ1n) is 9.01. The molecule has 1 spiro atoms. The zero-order chi connectivity index (χ0) is 19.1. The number of hydrogen-bond donors (Lipinski definition) is 0. The minimum Gasteiger partial charge on any atom is -0.403 e. The fourth-order valence-electron chi connectivity index (χ4n) is 3.92. The van der Waals surface area contributed by atoms with Crippen molar-refractivity contribution in [3.63, 3.8) is 0 Å². The van der Waals surface area contributed by atoms with Gasteiger partial charge in [-0.1, -0.05) is 0 Å². The molecule has 0 aliphatic carbocycles. The third-order valence-electron chi connectivity index (χ3n) is 5.26. The highest BCUT2D eigenvalue weighted by Crippen LogP contribution is 2.36. The third kappa shape index (κ3) is 2.94. The van der Waals surface area contributed by atoms with Gasteiger partial charge < -0.3 is 14.4 Å². The van der Waals surface area contributed by atoms with Crippen molar-refractivity contribution in [2.75, 3.05) is 24.5 Å². The molecule has 0 N–H and O–H groups in total. The van der Waals surface area contributed by atoms with E-state index in [1.165, 1.54) is 11.3 Å². The van der Waals surface area contributed by atoms with Gasteiger partial charge in [-0.05, 0) is 25.0 Å². The Labute approximate surface area is 164 Å².